The predicted octanol–water partition coefficient (Wildman–Crippen LogP) is 1.52. The van der Waals surface area contributed by atoms with E-state index in [9.17, 15) is 4.79 Å². The zero-order valence-corrected chi connectivity index (χ0v) is 8.62. The molecule has 0 spiro atoms. The van der Waals surface area contributed by atoms with Crippen LogP contribution in [0, 0.1) is 6.92 Å². The second-order valence-electron chi connectivity index (χ2n) is 3.66. The normalized spacial score (nSPS) is 18.3. The molecule has 0 radical (unpaired) electrons. The van der Waals surface area contributed by atoms with Gasteiger partial charge in [0.1, 0.15) is 0 Å². The van der Waals surface area contributed by atoms with Gasteiger partial charge in [-0.3, -0.25) is 0 Å². The fraction of sp³-hybridized carbons (Fsp3) is 0.364. The molecule has 0 unspecified atom stereocenters. The maximum absolute atomic E-state index is 11.4. The molecule has 2 N–H and O–H groups in total. The molecule has 1 aromatic carbocycles. The van der Waals surface area contributed by atoms with Crippen molar-refractivity contribution in [3.05, 3.63) is 29.8 Å². The van der Waals surface area contributed by atoms with Crippen molar-refractivity contribution < 1.29 is 9.53 Å². The van der Waals surface area contributed by atoms with Crippen molar-refractivity contribution in [2.24, 2.45) is 0 Å². The van der Waals surface area contributed by atoms with Gasteiger partial charge in [-0.25, -0.2) is 4.79 Å². The molecular weight excluding hydrogens is 192 g/mol. The van der Waals surface area contributed by atoms with Crippen LogP contribution in [0.5, 0.6) is 0 Å². The molecule has 1 fully saturated rings. The minimum Gasteiger partial charge on any atom is -0.371 e. The molecule has 80 valence electrons. The smallest absolute Gasteiger partial charge is 0.319 e. The lowest BCUT2D eigenvalue weighted by molar-refractivity contribution is 0.250. The maximum Gasteiger partial charge on any atom is 0.319 e. The summed E-state index contributed by atoms with van der Waals surface area (Å²) in [7, 11) is 0. The van der Waals surface area contributed by atoms with Crippen LogP contribution in [-0.4, -0.2) is 25.3 Å². The summed E-state index contributed by atoms with van der Waals surface area (Å²) in [6.45, 7) is 3.34. The quantitative estimate of drug-likeness (QED) is 0.736. The lowest BCUT2D eigenvalue weighted by Gasteiger charge is -2.06. The standard InChI is InChI=1S/C11H14N2O2/c1-8-2-4-9(5-3-8)13-11(14)12-6-10-7-15-10/h2-5,10H,6-7H2,1H3,(H2,12,13,14)/t10-/m0/s1. The third kappa shape index (κ3) is 3.25. The number of hydrogen-bond acceptors (Lipinski definition) is 2. The number of benzene rings is 1. The van der Waals surface area contributed by atoms with Gasteiger partial charge < -0.3 is 15.4 Å². The van der Waals surface area contributed by atoms with E-state index in [1.807, 2.05) is 31.2 Å². The van der Waals surface area contributed by atoms with E-state index in [1.54, 1.807) is 0 Å². The lowest BCUT2D eigenvalue weighted by Crippen LogP contribution is -2.31. The van der Waals surface area contributed by atoms with Crippen molar-refractivity contribution in [1.29, 1.82) is 0 Å². The van der Waals surface area contributed by atoms with Crippen molar-refractivity contribution in [3.63, 3.8) is 0 Å². The van der Waals surface area contributed by atoms with Crippen LogP contribution in [-0.2, 0) is 4.74 Å². The molecule has 0 aromatic heterocycles. The number of rotatable bonds is 3. The van der Waals surface area contributed by atoms with Crippen LogP contribution in [0.2, 0.25) is 0 Å². The van der Waals surface area contributed by atoms with E-state index in [4.69, 9.17) is 4.74 Å². The fourth-order valence-electron chi connectivity index (χ4n) is 1.20. The van der Waals surface area contributed by atoms with Crippen LogP contribution in [0.15, 0.2) is 24.3 Å². The van der Waals surface area contributed by atoms with Crippen molar-refractivity contribution in [3.8, 4) is 0 Å². The van der Waals surface area contributed by atoms with Crippen LogP contribution in [0.3, 0.4) is 0 Å². The highest BCUT2D eigenvalue weighted by molar-refractivity contribution is 5.89. The van der Waals surface area contributed by atoms with Crippen LogP contribution >= 0.6 is 0 Å². The molecule has 4 nitrogen and oxygen atoms in total. The highest BCUT2D eigenvalue weighted by Crippen LogP contribution is 2.09. The molecule has 15 heavy (non-hydrogen) atoms. The van der Waals surface area contributed by atoms with Gasteiger partial charge >= 0.3 is 6.03 Å². The first-order valence-corrected chi connectivity index (χ1v) is 4.97. The predicted molar refractivity (Wildman–Crippen MR) is 57.9 cm³/mol. The van der Waals surface area contributed by atoms with E-state index in [0.717, 1.165) is 12.3 Å². The zero-order valence-electron chi connectivity index (χ0n) is 8.62. The average molecular weight is 206 g/mol. The lowest BCUT2D eigenvalue weighted by atomic mass is 10.2. The molecule has 2 rings (SSSR count). The number of ether oxygens (including phenoxy) is 1. The summed E-state index contributed by atoms with van der Waals surface area (Å²) in [4.78, 5) is 11.4. The number of epoxide rings is 1. The number of aryl methyl sites for hydroxylation is 1. The summed E-state index contributed by atoms with van der Waals surface area (Å²) in [5.74, 6) is 0. The first-order chi connectivity index (χ1) is 7.24. The second-order valence-corrected chi connectivity index (χ2v) is 3.66. The number of urea groups is 1. The van der Waals surface area contributed by atoms with Gasteiger partial charge in [0.25, 0.3) is 0 Å². The number of nitrogens with one attached hydrogen (secondary N) is 2. The third-order valence-electron chi connectivity index (χ3n) is 2.20. The Balaban J connectivity index is 1.79. The zero-order chi connectivity index (χ0) is 10.7. The van der Waals surface area contributed by atoms with Gasteiger partial charge in [0.15, 0.2) is 0 Å². The van der Waals surface area contributed by atoms with Gasteiger partial charge in [-0.2, -0.15) is 0 Å². The summed E-state index contributed by atoms with van der Waals surface area (Å²) in [5.41, 5.74) is 1.97. The van der Waals surface area contributed by atoms with Gasteiger partial charge in [0.2, 0.25) is 0 Å². The molecule has 0 saturated carbocycles. The van der Waals surface area contributed by atoms with Crippen LogP contribution in [0.1, 0.15) is 5.56 Å². The Morgan fingerprint density at radius 3 is 2.73 bits per heavy atom. The molecule has 1 aromatic rings. The Morgan fingerprint density at radius 1 is 1.47 bits per heavy atom. The molecule has 0 bridgehead atoms. The summed E-state index contributed by atoms with van der Waals surface area (Å²) < 4.78 is 4.98. The third-order valence-corrected chi connectivity index (χ3v) is 2.20. The van der Waals surface area contributed by atoms with Gasteiger partial charge in [0.05, 0.1) is 12.7 Å². The summed E-state index contributed by atoms with van der Waals surface area (Å²) >= 11 is 0. The SMILES string of the molecule is Cc1ccc(NC(=O)NC[C@H]2CO2)cc1. The maximum atomic E-state index is 11.4. The first-order valence-electron chi connectivity index (χ1n) is 4.97. The molecule has 4 heteroatoms. The number of anilines is 1. The van der Waals surface area contributed by atoms with E-state index in [1.165, 1.54) is 5.56 Å². The van der Waals surface area contributed by atoms with Gasteiger partial charge in [-0.1, -0.05) is 17.7 Å². The Bertz CT molecular complexity index is 344. The van der Waals surface area contributed by atoms with Crippen molar-refractivity contribution in [2.75, 3.05) is 18.5 Å². The number of hydrogen-bond donors (Lipinski definition) is 2. The van der Waals surface area contributed by atoms with Crippen LogP contribution < -0.4 is 10.6 Å². The van der Waals surface area contributed by atoms with Gasteiger partial charge in [-0.15, -0.1) is 0 Å². The van der Waals surface area contributed by atoms with E-state index in [2.05, 4.69) is 10.6 Å². The number of amides is 2. The van der Waals surface area contributed by atoms with Crippen LogP contribution in [0.25, 0.3) is 0 Å². The van der Waals surface area contributed by atoms with Crippen molar-refractivity contribution >= 4 is 11.7 Å². The van der Waals surface area contributed by atoms with E-state index in [0.29, 0.717) is 6.54 Å². The molecule has 1 atom stereocenters. The summed E-state index contributed by atoms with van der Waals surface area (Å²) in [6.07, 6.45) is 0.216. The molecule has 2 amide bonds. The Morgan fingerprint density at radius 2 is 2.13 bits per heavy atom. The Labute approximate surface area is 88.6 Å². The summed E-state index contributed by atoms with van der Waals surface area (Å²) in [5, 5.41) is 5.48. The first kappa shape index (κ1) is 9.98. The topological polar surface area (TPSA) is 53.7 Å². The molecular formula is C11H14N2O2. The van der Waals surface area contributed by atoms with Crippen molar-refractivity contribution in [1.82, 2.24) is 5.32 Å². The van der Waals surface area contributed by atoms with Gasteiger partial charge in [-0.05, 0) is 19.1 Å². The molecule has 1 heterocycles. The minimum atomic E-state index is -0.186. The minimum absolute atomic E-state index is 0.186. The summed E-state index contributed by atoms with van der Waals surface area (Å²) in [6, 6.07) is 7.49. The molecule has 1 aliphatic heterocycles. The highest BCUT2D eigenvalue weighted by Gasteiger charge is 2.22. The Kier molecular flexibility index (Phi) is 2.87. The molecule has 1 saturated heterocycles. The van der Waals surface area contributed by atoms with E-state index < -0.39 is 0 Å². The van der Waals surface area contributed by atoms with E-state index in [-0.39, 0.29) is 12.1 Å². The number of carbonyl (C=O) groups is 1. The average Bonchev–Trinajstić information content (AvgIpc) is 3.02. The molecule has 0 aliphatic carbocycles. The fourth-order valence-corrected chi connectivity index (χ4v) is 1.20. The second kappa shape index (κ2) is 4.31. The van der Waals surface area contributed by atoms with E-state index >= 15 is 0 Å². The highest BCUT2D eigenvalue weighted by atomic mass is 16.6. The van der Waals surface area contributed by atoms with Crippen LogP contribution in [0.4, 0.5) is 10.5 Å². The monoisotopic (exact) mass is 206 g/mol. The Hall–Kier alpha value is -1.55. The molecule has 1 aliphatic rings. The van der Waals surface area contributed by atoms with Crippen molar-refractivity contribution in [2.45, 2.75) is 13.0 Å². The van der Waals surface area contributed by atoms with Gasteiger partial charge in [0, 0.05) is 12.2 Å². The number of carbonyl (C=O) groups excluding carboxylic acids is 1. The largest absolute Gasteiger partial charge is 0.371 e.